The van der Waals surface area contributed by atoms with Crippen molar-refractivity contribution in [3.8, 4) is 22.1 Å². The molecule has 3 aromatic carbocycles. The number of ether oxygens (including phenoxy) is 2. The Labute approximate surface area is 275 Å². The van der Waals surface area contributed by atoms with E-state index in [9.17, 15) is 18.0 Å². The second kappa shape index (κ2) is 15.2. The van der Waals surface area contributed by atoms with Crippen molar-refractivity contribution in [2.45, 2.75) is 43.1 Å². The van der Waals surface area contributed by atoms with Gasteiger partial charge in [-0.25, -0.2) is 9.78 Å². The predicted molar refractivity (Wildman–Crippen MR) is 176 cm³/mol. The van der Waals surface area contributed by atoms with Crippen molar-refractivity contribution in [2.75, 3.05) is 44.8 Å². The second-order valence-corrected chi connectivity index (χ2v) is 13.0. The smallest absolute Gasteiger partial charge is 0.416 e. The minimum atomic E-state index is -4.40. The number of nitrogens with zero attached hydrogens (tertiary/aromatic N) is 3. The molecule has 1 aromatic heterocycles. The fourth-order valence-electron chi connectivity index (χ4n) is 5.25. The molecular weight excluding hydrogens is 636 g/mol. The Morgan fingerprint density at radius 3 is 2.37 bits per heavy atom. The van der Waals surface area contributed by atoms with Gasteiger partial charge in [-0.2, -0.15) is 13.2 Å². The number of aliphatic carboxylic acids is 1. The molecule has 12 heteroatoms. The summed E-state index contributed by atoms with van der Waals surface area (Å²) in [6.07, 6.45) is -2.75. The largest absolute Gasteiger partial charge is 0.497 e. The summed E-state index contributed by atoms with van der Waals surface area (Å²) in [5.74, 6) is 1.01. The molecule has 1 N–H and O–H groups in total. The third kappa shape index (κ3) is 8.74. The van der Waals surface area contributed by atoms with Crippen LogP contribution in [0.1, 0.15) is 35.0 Å². The summed E-state index contributed by atoms with van der Waals surface area (Å²) in [6.45, 7) is 5.74. The van der Waals surface area contributed by atoms with E-state index in [2.05, 4.69) is 28.9 Å². The average Bonchev–Trinajstić information content (AvgIpc) is 3.45. The molecule has 0 aliphatic carbocycles. The Hall–Kier alpha value is -3.74. The fourth-order valence-corrected chi connectivity index (χ4v) is 7.39. The van der Waals surface area contributed by atoms with E-state index in [0.29, 0.717) is 28.6 Å². The van der Waals surface area contributed by atoms with Crippen LogP contribution < -0.4 is 14.4 Å². The molecule has 4 aromatic rings. The molecule has 5 rings (SSSR count). The molecule has 1 saturated heterocycles. The number of thiazole rings is 1. The van der Waals surface area contributed by atoms with E-state index < -0.39 is 24.3 Å². The number of aryl methyl sites for hydroxylation is 1. The lowest BCUT2D eigenvalue weighted by molar-refractivity contribution is -0.139. The van der Waals surface area contributed by atoms with Crippen LogP contribution in [0.4, 0.5) is 18.9 Å². The maximum Gasteiger partial charge on any atom is 0.416 e. The summed E-state index contributed by atoms with van der Waals surface area (Å²) < 4.78 is 50.4. The molecular formula is C34H36F3N3O4S2. The van der Waals surface area contributed by atoms with Gasteiger partial charge in [-0.05, 0) is 66.6 Å². The van der Waals surface area contributed by atoms with E-state index in [1.807, 2.05) is 30.3 Å². The van der Waals surface area contributed by atoms with E-state index in [-0.39, 0.29) is 0 Å². The van der Waals surface area contributed by atoms with E-state index in [1.54, 1.807) is 18.9 Å². The molecule has 0 atom stereocenters. The highest BCUT2D eigenvalue weighted by atomic mass is 32.2. The van der Waals surface area contributed by atoms with Gasteiger partial charge in [-0.15, -0.1) is 23.1 Å². The van der Waals surface area contributed by atoms with Crippen LogP contribution in [0, 0.1) is 0 Å². The zero-order valence-electron chi connectivity index (χ0n) is 25.7. The van der Waals surface area contributed by atoms with Gasteiger partial charge in [-0.1, -0.05) is 25.5 Å². The van der Waals surface area contributed by atoms with Crippen LogP contribution in [0.15, 0.2) is 71.6 Å². The SMILES string of the molecule is CCCc1cc(SCc2sc(-c3ccc(C(F)(F)F)cc3)nc2CN2CCN(c3ccc(OC)cc3)CC2)ccc1OCC(=O)O. The standard InChI is InChI=1S/C34H36F3N3O4S2/c1-3-4-24-19-28(13-14-30(24)44-21-32(41)42)45-22-31-29(38-33(46-31)23-5-7-25(8-6-23)34(35,36)37)20-39-15-17-40(18-16-39)26-9-11-27(43-2)12-10-26/h5-14,19H,3-4,15-18,20-22H2,1-2H3,(H,41,42). The third-order valence-corrected chi connectivity index (χ3v) is 10.0. The molecule has 0 saturated carbocycles. The number of alkyl halides is 3. The normalized spacial score (nSPS) is 14.0. The third-order valence-electron chi connectivity index (χ3n) is 7.69. The van der Waals surface area contributed by atoms with Gasteiger partial charge in [0.1, 0.15) is 16.5 Å². The Kier molecular flexibility index (Phi) is 11.1. The van der Waals surface area contributed by atoms with E-state index in [4.69, 9.17) is 19.6 Å². The summed E-state index contributed by atoms with van der Waals surface area (Å²) in [4.78, 5) is 22.8. The minimum Gasteiger partial charge on any atom is -0.497 e. The van der Waals surface area contributed by atoms with Crippen LogP contribution in [0.2, 0.25) is 0 Å². The predicted octanol–water partition coefficient (Wildman–Crippen LogP) is 7.87. The first-order valence-corrected chi connectivity index (χ1v) is 16.8. The summed E-state index contributed by atoms with van der Waals surface area (Å²) >= 11 is 3.16. The number of hydrogen-bond acceptors (Lipinski definition) is 8. The van der Waals surface area contributed by atoms with Crippen molar-refractivity contribution in [2.24, 2.45) is 0 Å². The number of thioether (sulfide) groups is 1. The lowest BCUT2D eigenvalue weighted by Gasteiger charge is -2.36. The molecule has 2 heterocycles. The molecule has 1 fully saturated rings. The molecule has 244 valence electrons. The first kappa shape index (κ1) is 33.6. The maximum atomic E-state index is 13.2. The maximum absolute atomic E-state index is 13.2. The molecule has 46 heavy (non-hydrogen) atoms. The van der Waals surface area contributed by atoms with Gasteiger partial charge in [0.05, 0.1) is 18.4 Å². The second-order valence-electron chi connectivity index (χ2n) is 10.9. The van der Waals surface area contributed by atoms with Gasteiger partial charge in [-0.3, -0.25) is 4.90 Å². The first-order chi connectivity index (χ1) is 22.1. The lowest BCUT2D eigenvalue weighted by Crippen LogP contribution is -2.46. The van der Waals surface area contributed by atoms with Crippen molar-refractivity contribution in [3.63, 3.8) is 0 Å². The molecule has 0 spiro atoms. The van der Waals surface area contributed by atoms with E-state index in [0.717, 1.165) is 83.6 Å². The van der Waals surface area contributed by atoms with Gasteiger partial charge in [0.25, 0.3) is 0 Å². The number of rotatable bonds is 13. The zero-order chi connectivity index (χ0) is 32.7. The fraction of sp³-hybridized carbons (Fsp3) is 0.353. The highest BCUT2D eigenvalue weighted by molar-refractivity contribution is 7.98. The molecule has 0 unspecified atom stereocenters. The number of aromatic nitrogens is 1. The van der Waals surface area contributed by atoms with Crippen molar-refractivity contribution < 1.29 is 32.5 Å². The van der Waals surface area contributed by atoms with Crippen molar-refractivity contribution in [1.29, 1.82) is 0 Å². The highest BCUT2D eigenvalue weighted by Gasteiger charge is 2.30. The first-order valence-electron chi connectivity index (χ1n) is 15.0. The number of carbonyl (C=O) groups is 1. The molecule has 1 aliphatic rings. The van der Waals surface area contributed by atoms with E-state index >= 15 is 0 Å². The van der Waals surface area contributed by atoms with Gasteiger partial charge >= 0.3 is 12.1 Å². The number of hydrogen-bond donors (Lipinski definition) is 1. The summed E-state index contributed by atoms with van der Waals surface area (Å²) in [6, 6.07) is 19.0. The summed E-state index contributed by atoms with van der Waals surface area (Å²) in [7, 11) is 1.65. The van der Waals surface area contributed by atoms with Crippen LogP contribution in [0.5, 0.6) is 11.5 Å². The number of anilines is 1. The topological polar surface area (TPSA) is 75.1 Å². The quantitative estimate of drug-likeness (QED) is 0.144. The Morgan fingerprint density at radius 2 is 1.74 bits per heavy atom. The number of carboxylic acids is 1. The van der Waals surface area contributed by atoms with Gasteiger partial charge < -0.3 is 19.5 Å². The summed E-state index contributed by atoms with van der Waals surface area (Å²) in [5.41, 5.74) is 3.01. The van der Waals surface area contributed by atoms with Gasteiger partial charge in [0, 0.05) is 59.5 Å². The zero-order valence-corrected chi connectivity index (χ0v) is 27.3. The number of benzene rings is 3. The van der Waals surface area contributed by atoms with Crippen LogP contribution in [0.3, 0.4) is 0 Å². The molecule has 1 aliphatic heterocycles. The van der Waals surface area contributed by atoms with Crippen molar-refractivity contribution in [3.05, 3.63) is 88.4 Å². The van der Waals surface area contributed by atoms with Crippen LogP contribution in [-0.2, 0) is 29.7 Å². The van der Waals surface area contributed by atoms with Crippen molar-refractivity contribution >= 4 is 34.8 Å². The minimum absolute atomic E-state index is 0.394. The lowest BCUT2D eigenvalue weighted by atomic mass is 10.1. The molecule has 0 bridgehead atoms. The molecule has 0 amide bonds. The molecule has 7 nitrogen and oxygen atoms in total. The monoisotopic (exact) mass is 671 g/mol. The Morgan fingerprint density at radius 1 is 1.02 bits per heavy atom. The highest BCUT2D eigenvalue weighted by Crippen LogP contribution is 2.37. The van der Waals surface area contributed by atoms with Crippen molar-refractivity contribution in [1.82, 2.24) is 9.88 Å². The number of halogens is 3. The van der Waals surface area contributed by atoms with Crippen LogP contribution in [0.25, 0.3) is 10.6 Å². The average molecular weight is 672 g/mol. The van der Waals surface area contributed by atoms with E-state index in [1.165, 1.54) is 23.5 Å². The van der Waals surface area contributed by atoms with Crippen LogP contribution >= 0.6 is 23.1 Å². The number of carboxylic acid groups (broad SMARTS) is 1. The molecule has 0 radical (unpaired) electrons. The Bertz CT molecular complexity index is 1600. The Balaban J connectivity index is 1.33. The van der Waals surface area contributed by atoms with Crippen LogP contribution in [-0.4, -0.2) is 60.9 Å². The summed E-state index contributed by atoms with van der Waals surface area (Å²) in [5, 5.41) is 9.72. The number of piperazine rings is 1. The van der Waals surface area contributed by atoms with Gasteiger partial charge in [0.15, 0.2) is 6.61 Å². The number of methoxy groups -OCH3 is 1. The van der Waals surface area contributed by atoms with Gasteiger partial charge in [0.2, 0.25) is 0 Å².